The van der Waals surface area contributed by atoms with Crippen LogP contribution in [0.5, 0.6) is 0 Å². The monoisotopic (exact) mass is 411 g/mol. The van der Waals surface area contributed by atoms with Crippen LogP contribution in [0.1, 0.15) is 71.1 Å². The first-order chi connectivity index (χ1) is 12.5. The van der Waals surface area contributed by atoms with Gasteiger partial charge in [-0.1, -0.05) is 38.5 Å². The van der Waals surface area contributed by atoms with Crippen LogP contribution < -0.4 is 4.72 Å². The van der Waals surface area contributed by atoms with E-state index in [2.05, 4.69) is 4.72 Å². The second-order valence-corrected chi connectivity index (χ2v) is 11.4. The second kappa shape index (κ2) is 8.95. The van der Waals surface area contributed by atoms with Gasteiger partial charge >= 0.3 is 5.97 Å². The number of carbonyl (C=O) groups is 1. The van der Waals surface area contributed by atoms with Crippen LogP contribution in [0, 0.1) is 32.1 Å². The molecule has 5 nitrogen and oxygen atoms in total. The van der Waals surface area contributed by atoms with Gasteiger partial charge < -0.3 is 4.74 Å². The third-order valence-electron chi connectivity index (χ3n) is 4.57. The number of nitrogens with one attached hydrogen (secondary N) is 1. The molecule has 0 bridgehead atoms. The number of aryl methyl sites for hydroxylation is 3. The first-order valence-electron chi connectivity index (χ1n) is 9.85. The summed E-state index contributed by atoms with van der Waals surface area (Å²) in [5, 5.41) is 0. The van der Waals surface area contributed by atoms with Crippen molar-refractivity contribution in [3.8, 4) is 0 Å². The zero-order chi connectivity index (χ0) is 21.9. The molecule has 0 aromatic heterocycles. The zero-order valence-electron chi connectivity index (χ0n) is 18.9. The predicted octanol–water partition coefficient (Wildman–Crippen LogP) is 4.67. The summed E-state index contributed by atoms with van der Waals surface area (Å²) in [7, 11) is -3.59. The minimum absolute atomic E-state index is 0.229. The van der Waals surface area contributed by atoms with E-state index < -0.39 is 15.6 Å². The molecular formula is C22H37NO4S. The summed E-state index contributed by atoms with van der Waals surface area (Å²) in [6, 6.07) is 3.75. The molecule has 28 heavy (non-hydrogen) atoms. The highest BCUT2D eigenvalue weighted by atomic mass is 32.2. The third-order valence-corrected chi connectivity index (χ3v) is 6.34. The van der Waals surface area contributed by atoms with Crippen LogP contribution >= 0.6 is 0 Å². The van der Waals surface area contributed by atoms with Gasteiger partial charge in [-0.15, -0.1) is 0 Å². The Morgan fingerprint density at radius 1 is 1.04 bits per heavy atom. The quantitative estimate of drug-likeness (QED) is 0.522. The average Bonchev–Trinajstić information content (AvgIpc) is 2.41. The molecule has 1 N–H and O–H groups in total. The highest BCUT2D eigenvalue weighted by Gasteiger charge is 2.34. The molecule has 0 aliphatic carbocycles. The van der Waals surface area contributed by atoms with Crippen molar-refractivity contribution in [2.24, 2.45) is 11.3 Å². The first-order valence-corrected chi connectivity index (χ1v) is 11.3. The van der Waals surface area contributed by atoms with Gasteiger partial charge in [0.15, 0.2) is 0 Å². The highest BCUT2D eigenvalue weighted by Crippen LogP contribution is 2.32. The lowest BCUT2D eigenvalue weighted by atomic mass is 9.78. The van der Waals surface area contributed by atoms with Crippen molar-refractivity contribution in [1.82, 2.24) is 4.72 Å². The summed E-state index contributed by atoms with van der Waals surface area (Å²) in [5.74, 6) is -0.521. The predicted molar refractivity (Wildman–Crippen MR) is 114 cm³/mol. The minimum Gasteiger partial charge on any atom is -0.460 e. The molecule has 0 aliphatic rings. The number of ether oxygens (including phenoxy) is 1. The number of hydrogen-bond donors (Lipinski definition) is 1. The number of sulfonamides is 1. The Morgan fingerprint density at radius 2 is 1.54 bits per heavy atom. The standard InChI is InChI=1S/C22H37NO4S/c1-15-13-16(2)19(17(3)14-15)28(25,26)23-12-10-11-18(21(4,5)6)20(24)27-22(7,8)9/h13-14,18,23H,10-12H2,1-9H3/t18-/m1/s1. The van der Waals surface area contributed by atoms with Crippen LogP contribution in [0.4, 0.5) is 0 Å². The second-order valence-electron chi connectivity index (χ2n) is 9.72. The van der Waals surface area contributed by atoms with Crippen molar-refractivity contribution < 1.29 is 17.9 Å². The number of hydrogen-bond acceptors (Lipinski definition) is 4. The van der Waals surface area contributed by atoms with Gasteiger partial charge in [-0.3, -0.25) is 4.79 Å². The first kappa shape index (κ1) is 24.6. The lowest BCUT2D eigenvalue weighted by Gasteiger charge is -2.32. The Morgan fingerprint density at radius 3 is 1.96 bits per heavy atom. The van der Waals surface area contributed by atoms with Gasteiger partial charge in [-0.25, -0.2) is 13.1 Å². The largest absolute Gasteiger partial charge is 0.460 e. The Bertz CT molecular complexity index is 776. The van der Waals surface area contributed by atoms with Crippen LogP contribution in [0.25, 0.3) is 0 Å². The lowest BCUT2D eigenvalue weighted by Crippen LogP contribution is -2.36. The molecule has 0 heterocycles. The third kappa shape index (κ3) is 7.21. The van der Waals surface area contributed by atoms with Crippen molar-refractivity contribution in [1.29, 1.82) is 0 Å². The SMILES string of the molecule is Cc1cc(C)c(S(=O)(=O)NCCC[C@H](C(=O)OC(C)(C)C)C(C)(C)C)c(C)c1. The number of esters is 1. The fraction of sp³-hybridized carbons (Fsp3) is 0.682. The van der Waals surface area contributed by atoms with Gasteiger partial charge in [0.05, 0.1) is 10.8 Å². The van der Waals surface area contributed by atoms with Gasteiger partial charge in [0.25, 0.3) is 0 Å². The molecule has 0 saturated heterocycles. The van der Waals surface area contributed by atoms with Gasteiger partial charge in [0.1, 0.15) is 5.60 Å². The Balaban J connectivity index is 2.79. The van der Waals surface area contributed by atoms with Crippen molar-refractivity contribution in [3.63, 3.8) is 0 Å². The zero-order valence-corrected chi connectivity index (χ0v) is 19.7. The normalized spacial score (nSPS) is 14.0. The molecule has 0 spiro atoms. The molecule has 0 fully saturated rings. The van der Waals surface area contributed by atoms with Crippen LogP contribution in [0.15, 0.2) is 17.0 Å². The Labute approximate surface area is 171 Å². The van der Waals surface area contributed by atoms with E-state index in [0.29, 0.717) is 17.7 Å². The molecular weight excluding hydrogens is 374 g/mol. The van der Waals surface area contributed by atoms with Crippen LogP contribution in [-0.2, 0) is 19.6 Å². The maximum Gasteiger partial charge on any atom is 0.309 e. The summed E-state index contributed by atoms with van der Waals surface area (Å²) in [6.07, 6.45) is 1.12. The van der Waals surface area contributed by atoms with Crippen molar-refractivity contribution in [2.45, 2.75) is 85.7 Å². The molecule has 0 aliphatic heterocycles. The topological polar surface area (TPSA) is 72.5 Å². The van der Waals surface area contributed by atoms with E-state index in [0.717, 1.165) is 16.7 Å². The average molecular weight is 412 g/mol. The summed E-state index contributed by atoms with van der Waals surface area (Å²) in [4.78, 5) is 12.9. The van der Waals surface area contributed by atoms with Crippen molar-refractivity contribution in [3.05, 3.63) is 28.8 Å². The molecule has 1 aromatic carbocycles. The van der Waals surface area contributed by atoms with E-state index in [4.69, 9.17) is 4.74 Å². The summed E-state index contributed by atoms with van der Waals surface area (Å²) < 4.78 is 33.7. The molecule has 0 radical (unpaired) electrons. The summed E-state index contributed by atoms with van der Waals surface area (Å²) in [5.41, 5.74) is 1.73. The molecule has 0 saturated carbocycles. The molecule has 6 heteroatoms. The molecule has 0 unspecified atom stereocenters. The van der Waals surface area contributed by atoms with Crippen LogP contribution in [-0.4, -0.2) is 26.5 Å². The molecule has 1 rings (SSSR count). The van der Waals surface area contributed by atoms with Crippen molar-refractivity contribution >= 4 is 16.0 Å². The molecule has 0 amide bonds. The van der Waals surface area contributed by atoms with Gasteiger partial charge in [0.2, 0.25) is 10.0 Å². The summed E-state index contributed by atoms with van der Waals surface area (Å²) >= 11 is 0. The van der Waals surface area contributed by atoms with Crippen molar-refractivity contribution in [2.75, 3.05) is 6.54 Å². The maximum atomic E-state index is 12.7. The fourth-order valence-electron chi connectivity index (χ4n) is 3.45. The maximum absolute atomic E-state index is 12.7. The van der Waals surface area contributed by atoms with E-state index >= 15 is 0 Å². The number of benzene rings is 1. The number of carbonyl (C=O) groups excluding carboxylic acids is 1. The molecule has 1 aromatic rings. The van der Waals surface area contributed by atoms with E-state index in [-0.39, 0.29) is 23.8 Å². The van der Waals surface area contributed by atoms with Gasteiger partial charge in [-0.05, 0) is 70.9 Å². The van der Waals surface area contributed by atoms with E-state index in [1.807, 2.05) is 74.4 Å². The number of rotatable bonds is 7. The van der Waals surface area contributed by atoms with Gasteiger partial charge in [-0.2, -0.15) is 0 Å². The Kier molecular flexibility index (Phi) is 7.88. The molecule has 160 valence electrons. The smallest absolute Gasteiger partial charge is 0.309 e. The molecule has 1 atom stereocenters. The van der Waals surface area contributed by atoms with Crippen LogP contribution in [0.2, 0.25) is 0 Å². The Hall–Kier alpha value is -1.40. The minimum atomic E-state index is -3.59. The summed E-state index contributed by atoms with van der Waals surface area (Å²) in [6.45, 7) is 17.4. The van der Waals surface area contributed by atoms with Gasteiger partial charge in [0, 0.05) is 6.54 Å². The van der Waals surface area contributed by atoms with E-state index in [1.54, 1.807) is 0 Å². The van der Waals surface area contributed by atoms with E-state index in [1.165, 1.54) is 0 Å². The highest BCUT2D eigenvalue weighted by molar-refractivity contribution is 7.89. The fourth-order valence-corrected chi connectivity index (χ4v) is 4.98. The van der Waals surface area contributed by atoms with Crippen LogP contribution in [0.3, 0.4) is 0 Å². The lowest BCUT2D eigenvalue weighted by molar-refractivity contribution is -0.164. The van der Waals surface area contributed by atoms with E-state index in [9.17, 15) is 13.2 Å².